The van der Waals surface area contributed by atoms with Gasteiger partial charge in [0.15, 0.2) is 0 Å². The average Bonchev–Trinajstić information content (AvgIpc) is 2.99. The Balaban J connectivity index is 1.76. The van der Waals surface area contributed by atoms with Gasteiger partial charge in [0, 0.05) is 19.7 Å². The molecule has 1 aliphatic carbocycles. The minimum Gasteiger partial charge on any atom is -0.396 e. The summed E-state index contributed by atoms with van der Waals surface area (Å²) in [4.78, 5) is 0. The molecule has 0 saturated heterocycles. The Morgan fingerprint density at radius 3 is 2.81 bits per heavy atom. The topological polar surface area (TPSA) is 32.3 Å². The normalized spacial score (nSPS) is 17.4. The molecule has 1 saturated carbocycles. The molecule has 1 aliphatic rings. The fraction of sp³-hybridized carbons (Fsp3) is 0.538. The molecule has 3 heteroatoms. The molecule has 1 aromatic rings. The summed E-state index contributed by atoms with van der Waals surface area (Å²) in [7, 11) is 0. The molecule has 16 heavy (non-hydrogen) atoms. The molecular weight excluding hydrogens is 205 g/mol. The van der Waals surface area contributed by atoms with Crippen molar-refractivity contribution in [2.75, 3.05) is 13.2 Å². The van der Waals surface area contributed by atoms with Crippen molar-refractivity contribution in [2.45, 2.75) is 25.8 Å². The molecule has 1 aromatic carbocycles. The first-order valence-electron chi connectivity index (χ1n) is 5.80. The number of nitrogens with one attached hydrogen (secondary N) is 1. The first kappa shape index (κ1) is 11.6. The van der Waals surface area contributed by atoms with Gasteiger partial charge in [-0.2, -0.15) is 0 Å². The summed E-state index contributed by atoms with van der Waals surface area (Å²) < 4.78 is 12.9. The molecule has 0 aromatic heterocycles. The van der Waals surface area contributed by atoms with Gasteiger partial charge in [0.1, 0.15) is 5.82 Å². The Hall–Kier alpha value is -0.930. The third-order valence-corrected chi connectivity index (χ3v) is 3.32. The summed E-state index contributed by atoms with van der Waals surface area (Å²) in [5, 5.41) is 12.3. The maximum absolute atomic E-state index is 12.9. The zero-order chi connectivity index (χ0) is 11.4. The monoisotopic (exact) mass is 223 g/mol. The van der Waals surface area contributed by atoms with E-state index in [9.17, 15) is 4.39 Å². The van der Waals surface area contributed by atoms with Crippen LogP contribution < -0.4 is 5.32 Å². The lowest BCUT2D eigenvalue weighted by Crippen LogP contribution is -2.24. The van der Waals surface area contributed by atoms with E-state index in [1.165, 1.54) is 18.9 Å². The molecular formula is C13H18FNO. The quantitative estimate of drug-likeness (QED) is 0.774. The van der Waals surface area contributed by atoms with Crippen molar-refractivity contribution in [3.05, 3.63) is 35.6 Å². The van der Waals surface area contributed by atoms with Crippen molar-refractivity contribution in [3.8, 4) is 0 Å². The lowest BCUT2D eigenvalue weighted by atomic mass is 10.0. The van der Waals surface area contributed by atoms with Crippen molar-refractivity contribution in [1.82, 2.24) is 5.32 Å². The molecule has 2 nitrogen and oxygen atoms in total. The number of benzene rings is 1. The highest BCUT2D eigenvalue weighted by Crippen LogP contribution is 2.47. The van der Waals surface area contributed by atoms with E-state index in [1.54, 1.807) is 12.1 Å². The van der Waals surface area contributed by atoms with E-state index < -0.39 is 0 Å². The third-order valence-electron chi connectivity index (χ3n) is 3.32. The van der Waals surface area contributed by atoms with Gasteiger partial charge in [-0.15, -0.1) is 0 Å². The number of hydrogen-bond acceptors (Lipinski definition) is 2. The van der Waals surface area contributed by atoms with Crippen molar-refractivity contribution < 1.29 is 9.50 Å². The molecule has 2 rings (SSSR count). The van der Waals surface area contributed by atoms with Crippen LogP contribution in [0.2, 0.25) is 0 Å². The van der Waals surface area contributed by atoms with Gasteiger partial charge < -0.3 is 10.4 Å². The second kappa shape index (κ2) is 4.93. The van der Waals surface area contributed by atoms with Gasteiger partial charge in [-0.25, -0.2) is 4.39 Å². The number of rotatable bonds is 6. The van der Waals surface area contributed by atoms with Gasteiger partial charge in [0.2, 0.25) is 0 Å². The fourth-order valence-corrected chi connectivity index (χ4v) is 2.05. The van der Waals surface area contributed by atoms with Gasteiger partial charge in [-0.1, -0.05) is 12.1 Å². The number of aliphatic hydroxyl groups excluding tert-OH is 1. The van der Waals surface area contributed by atoms with Gasteiger partial charge in [0.25, 0.3) is 0 Å². The Morgan fingerprint density at radius 1 is 1.38 bits per heavy atom. The predicted octanol–water partition coefficient (Wildman–Crippen LogP) is 2.08. The van der Waals surface area contributed by atoms with E-state index in [0.717, 1.165) is 18.5 Å². The van der Waals surface area contributed by atoms with Gasteiger partial charge in [-0.3, -0.25) is 0 Å². The molecule has 0 aliphatic heterocycles. The Labute approximate surface area is 95.5 Å². The highest BCUT2D eigenvalue weighted by molar-refractivity contribution is 5.16. The minimum absolute atomic E-state index is 0.184. The SMILES string of the molecule is OCCC1(CNCc2cccc(F)c2)CC1. The summed E-state index contributed by atoms with van der Waals surface area (Å²) in [5.41, 5.74) is 1.29. The zero-order valence-corrected chi connectivity index (χ0v) is 9.38. The second-order valence-corrected chi connectivity index (χ2v) is 4.71. The summed E-state index contributed by atoms with van der Waals surface area (Å²) in [6, 6.07) is 6.66. The summed E-state index contributed by atoms with van der Waals surface area (Å²) in [6.07, 6.45) is 3.27. The first-order chi connectivity index (χ1) is 7.74. The third kappa shape index (κ3) is 3.03. The molecule has 0 heterocycles. The number of aliphatic hydroxyl groups is 1. The Kier molecular flexibility index (Phi) is 3.56. The van der Waals surface area contributed by atoms with E-state index in [-0.39, 0.29) is 12.4 Å². The fourth-order valence-electron chi connectivity index (χ4n) is 2.05. The van der Waals surface area contributed by atoms with Crippen LogP contribution in [0.25, 0.3) is 0 Å². The van der Waals surface area contributed by atoms with E-state index in [4.69, 9.17) is 5.11 Å². The van der Waals surface area contributed by atoms with E-state index in [0.29, 0.717) is 12.0 Å². The van der Waals surface area contributed by atoms with Crippen LogP contribution >= 0.6 is 0 Å². The van der Waals surface area contributed by atoms with Crippen LogP contribution in [0.1, 0.15) is 24.8 Å². The van der Waals surface area contributed by atoms with E-state index in [1.807, 2.05) is 6.07 Å². The van der Waals surface area contributed by atoms with E-state index in [2.05, 4.69) is 5.32 Å². The van der Waals surface area contributed by atoms with Crippen LogP contribution in [0.3, 0.4) is 0 Å². The molecule has 88 valence electrons. The van der Waals surface area contributed by atoms with E-state index >= 15 is 0 Å². The number of halogens is 1. The molecule has 2 N–H and O–H groups in total. The summed E-state index contributed by atoms with van der Waals surface area (Å²) >= 11 is 0. The molecule has 0 unspecified atom stereocenters. The van der Waals surface area contributed by atoms with Crippen molar-refractivity contribution in [2.24, 2.45) is 5.41 Å². The molecule has 0 bridgehead atoms. The summed E-state index contributed by atoms with van der Waals surface area (Å²) in [5.74, 6) is -0.184. The van der Waals surface area contributed by atoms with Crippen molar-refractivity contribution >= 4 is 0 Å². The minimum atomic E-state index is -0.184. The first-order valence-corrected chi connectivity index (χ1v) is 5.80. The maximum Gasteiger partial charge on any atom is 0.123 e. The Bertz CT molecular complexity index is 350. The van der Waals surface area contributed by atoms with Gasteiger partial charge >= 0.3 is 0 Å². The number of hydrogen-bond donors (Lipinski definition) is 2. The maximum atomic E-state index is 12.9. The van der Waals surface area contributed by atoms with Gasteiger partial charge in [-0.05, 0) is 42.4 Å². The molecule has 0 radical (unpaired) electrons. The van der Waals surface area contributed by atoms with Crippen LogP contribution in [0.4, 0.5) is 4.39 Å². The zero-order valence-electron chi connectivity index (χ0n) is 9.38. The lowest BCUT2D eigenvalue weighted by Gasteiger charge is -2.14. The van der Waals surface area contributed by atoms with Crippen molar-refractivity contribution in [1.29, 1.82) is 0 Å². The lowest BCUT2D eigenvalue weighted by molar-refractivity contribution is 0.245. The molecule has 0 spiro atoms. The molecule has 0 atom stereocenters. The van der Waals surface area contributed by atoms with Crippen molar-refractivity contribution in [3.63, 3.8) is 0 Å². The van der Waals surface area contributed by atoms with Crippen LogP contribution in [0, 0.1) is 11.2 Å². The second-order valence-electron chi connectivity index (χ2n) is 4.71. The Morgan fingerprint density at radius 2 is 2.19 bits per heavy atom. The van der Waals surface area contributed by atoms with Crippen LogP contribution in [0.15, 0.2) is 24.3 Å². The standard InChI is InChI=1S/C13H18FNO/c14-12-3-1-2-11(8-12)9-15-10-13(4-5-13)6-7-16/h1-3,8,15-16H,4-7,9-10H2. The highest BCUT2D eigenvalue weighted by Gasteiger charge is 2.41. The highest BCUT2D eigenvalue weighted by atomic mass is 19.1. The summed E-state index contributed by atoms with van der Waals surface area (Å²) in [6.45, 7) is 1.89. The molecule has 0 amide bonds. The predicted molar refractivity (Wildman–Crippen MR) is 61.5 cm³/mol. The van der Waals surface area contributed by atoms with Gasteiger partial charge in [0.05, 0.1) is 0 Å². The van der Waals surface area contributed by atoms with Crippen LogP contribution in [-0.4, -0.2) is 18.3 Å². The molecule has 1 fully saturated rings. The van der Waals surface area contributed by atoms with Crippen LogP contribution in [0.5, 0.6) is 0 Å². The van der Waals surface area contributed by atoms with Crippen LogP contribution in [-0.2, 0) is 6.54 Å². The average molecular weight is 223 g/mol. The largest absolute Gasteiger partial charge is 0.396 e. The smallest absolute Gasteiger partial charge is 0.123 e.